The predicted molar refractivity (Wildman–Crippen MR) is 108 cm³/mol. The fourth-order valence-electron chi connectivity index (χ4n) is 3.68. The zero-order valence-corrected chi connectivity index (χ0v) is 17.7. The molecule has 1 saturated heterocycles. The number of aryl methyl sites for hydroxylation is 4. The van der Waals surface area contributed by atoms with Gasteiger partial charge in [-0.1, -0.05) is 17.7 Å². The lowest BCUT2D eigenvalue weighted by Crippen LogP contribution is -2.41. The minimum Gasteiger partial charge on any atom is -0.302 e. The first kappa shape index (κ1) is 20.0. The maximum Gasteiger partial charge on any atom is 0.243 e. The van der Waals surface area contributed by atoms with Crippen LogP contribution in [0.4, 0.5) is 5.13 Å². The molecule has 1 aliphatic heterocycles. The van der Waals surface area contributed by atoms with Crippen LogP contribution in [0.1, 0.15) is 35.2 Å². The van der Waals surface area contributed by atoms with Gasteiger partial charge in [0.1, 0.15) is 0 Å². The fourth-order valence-corrected chi connectivity index (χ4v) is 6.25. The number of nitrogens with zero attached hydrogens (tertiary/aromatic N) is 2. The summed E-state index contributed by atoms with van der Waals surface area (Å²) in [5.74, 6) is -0.273. The highest BCUT2D eigenvalue weighted by atomic mass is 32.2. The molecule has 2 aromatic rings. The molecule has 1 aromatic carbocycles. The number of piperidine rings is 1. The first-order chi connectivity index (χ1) is 12.7. The Morgan fingerprint density at radius 3 is 2.26 bits per heavy atom. The third kappa shape index (κ3) is 4.23. The van der Waals surface area contributed by atoms with Gasteiger partial charge in [-0.05, 0) is 51.7 Å². The summed E-state index contributed by atoms with van der Waals surface area (Å²) in [5, 5.41) is 5.32. The van der Waals surface area contributed by atoms with E-state index in [0.717, 1.165) is 22.4 Å². The van der Waals surface area contributed by atoms with Gasteiger partial charge in [-0.25, -0.2) is 13.4 Å². The van der Waals surface area contributed by atoms with Gasteiger partial charge in [-0.2, -0.15) is 4.31 Å². The van der Waals surface area contributed by atoms with Gasteiger partial charge >= 0.3 is 0 Å². The largest absolute Gasteiger partial charge is 0.302 e. The lowest BCUT2D eigenvalue weighted by atomic mass is 9.97. The van der Waals surface area contributed by atoms with Crippen LogP contribution in [-0.2, 0) is 14.8 Å². The van der Waals surface area contributed by atoms with E-state index in [1.54, 1.807) is 0 Å². The molecule has 6 nitrogen and oxygen atoms in total. The number of aromatic nitrogens is 1. The summed E-state index contributed by atoms with van der Waals surface area (Å²) in [7, 11) is -3.55. The molecule has 2 heterocycles. The second-order valence-corrected chi connectivity index (χ2v) is 9.92. The van der Waals surface area contributed by atoms with E-state index in [0.29, 0.717) is 36.0 Å². The summed E-state index contributed by atoms with van der Waals surface area (Å²) in [6, 6.07) is 3.80. The molecular formula is C19H25N3O3S2. The molecule has 146 valence electrons. The maximum absolute atomic E-state index is 13.1. The minimum atomic E-state index is -3.55. The molecule has 0 unspecified atom stereocenters. The Balaban J connectivity index is 1.69. The Labute approximate surface area is 164 Å². The zero-order valence-electron chi connectivity index (χ0n) is 16.1. The number of hydrogen-bond acceptors (Lipinski definition) is 5. The van der Waals surface area contributed by atoms with Gasteiger partial charge in [0.05, 0.1) is 10.6 Å². The van der Waals surface area contributed by atoms with Crippen LogP contribution >= 0.6 is 11.3 Å². The molecule has 3 rings (SSSR count). The number of nitrogens with one attached hydrogen (secondary N) is 1. The van der Waals surface area contributed by atoms with Crippen LogP contribution in [0.15, 0.2) is 22.4 Å². The van der Waals surface area contributed by atoms with Crippen LogP contribution in [0.2, 0.25) is 0 Å². The molecule has 0 saturated carbocycles. The summed E-state index contributed by atoms with van der Waals surface area (Å²) in [6.45, 7) is 8.22. The number of benzene rings is 1. The smallest absolute Gasteiger partial charge is 0.243 e. The third-order valence-corrected chi connectivity index (χ3v) is 7.96. The number of anilines is 1. The van der Waals surface area contributed by atoms with Gasteiger partial charge in [0, 0.05) is 24.4 Å². The summed E-state index contributed by atoms with van der Waals surface area (Å²) in [4.78, 5) is 17.1. The Hall–Kier alpha value is -1.77. The van der Waals surface area contributed by atoms with Gasteiger partial charge in [-0.15, -0.1) is 11.3 Å². The van der Waals surface area contributed by atoms with Gasteiger partial charge in [0.25, 0.3) is 0 Å². The number of rotatable bonds is 4. The van der Waals surface area contributed by atoms with E-state index in [9.17, 15) is 13.2 Å². The highest BCUT2D eigenvalue weighted by Gasteiger charge is 2.33. The predicted octanol–water partition coefficient (Wildman–Crippen LogP) is 3.42. The second kappa shape index (κ2) is 7.69. The van der Waals surface area contributed by atoms with Crippen LogP contribution in [0.3, 0.4) is 0 Å². The number of hydrogen-bond donors (Lipinski definition) is 1. The van der Waals surface area contributed by atoms with E-state index in [-0.39, 0.29) is 11.8 Å². The molecule has 27 heavy (non-hydrogen) atoms. The average Bonchev–Trinajstić information content (AvgIpc) is 2.98. The van der Waals surface area contributed by atoms with Crippen molar-refractivity contribution in [3.63, 3.8) is 0 Å². The van der Waals surface area contributed by atoms with E-state index < -0.39 is 10.0 Å². The molecule has 0 spiro atoms. The molecule has 1 fully saturated rings. The third-order valence-electron chi connectivity index (χ3n) is 4.88. The van der Waals surface area contributed by atoms with Crippen molar-refractivity contribution in [2.75, 3.05) is 18.4 Å². The zero-order chi connectivity index (χ0) is 19.8. The SMILES string of the molecule is Cc1cc(C)c(S(=O)(=O)N2CCC(C(=O)Nc3nc(C)cs3)CC2)c(C)c1. The highest BCUT2D eigenvalue weighted by Crippen LogP contribution is 2.29. The number of carbonyl (C=O) groups excluding carboxylic acids is 1. The lowest BCUT2D eigenvalue weighted by molar-refractivity contribution is -0.120. The lowest BCUT2D eigenvalue weighted by Gasteiger charge is -2.31. The van der Waals surface area contributed by atoms with Crippen molar-refractivity contribution in [1.82, 2.24) is 9.29 Å². The van der Waals surface area contributed by atoms with E-state index in [2.05, 4.69) is 10.3 Å². The van der Waals surface area contributed by atoms with Gasteiger partial charge in [-0.3, -0.25) is 4.79 Å². The summed E-state index contributed by atoms with van der Waals surface area (Å²) < 4.78 is 27.8. The van der Waals surface area contributed by atoms with Crippen molar-refractivity contribution in [3.8, 4) is 0 Å². The first-order valence-electron chi connectivity index (χ1n) is 8.99. The molecule has 0 bridgehead atoms. The Kier molecular flexibility index (Phi) is 5.69. The minimum absolute atomic E-state index is 0.0795. The summed E-state index contributed by atoms with van der Waals surface area (Å²) >= 11 is 1.40. The van der Waals surface area contributed by atoms with Crippen molar-refractivity contribution < 1.29 is 13.2 Å². The van der Waals surface area contributed by atoms with E-state index >= 15 is 0 Å². The monoisotopic (exact) mass is 407 g/mol. The summed E-state index contributed by atoms with van der Waals surface area (Å²) in [5.41, 5.74) is 3.47. The molecule has 0 radical (unpaired) electrons. The first-order valence-corrected chi connectivity index (χ1v) is 11.3. The Morgan fingerprint density at radius 2 is 1.74 bits per heavy atom. The van der Waals surface area contributed by atoms with Crippen molar-refractivity contribution in [1.29, 1.82) is 0 Å². The van der Waals surface area contributed by atoms with Gasteiger partial charge < -0.3 is 5.32 Å². The van der Waals surface area contributed by atoms with E-state index in [1.165, 1.54) is 15.6 Å². The quantitative estimate of drug-likeness (QED) is 0.842. The molecule has 1 aliphatic rings. The molecule has 1 aromatic heterocycles. The van der Waals surface area contributed by atoms with Crippen LogP contribution in [0.25, 0.3) is 0 Å². The molecule has 1 amide bonds. The highest BCUT2D eigenvalue weighted by molar-refractivity contribution is 7.89. The van der Waals surface area contributed by atoms with Crippen molar-refractivity contribution in [2.45, 2.75) is 45.4 Å². The Morgan fingerprint density at radius 1 is 1.15 bits per heavy atom. The number of sulfonamides is 1. The topological polar surface area (TPSA) is 79.4 Å². The van der Waals surface area contributed by atoms with E-state index in [4.69, 9.17) is 0 Å². The van der Waals surface area contributed by atoms with Crippen molar-refractivity contribution >= 4 is 32.4 Å². The average molecular weight is 408 g/mol. The standard InChI is InChI=1S/C19H25N3O3S2/c1-12-9-13(2)17(14(3)10-12)27(24,25)22-7-5-16(6-8-22)18(23)21-19-20-15(4)11-26-19/h9-11,16H,5-8H2,1-4H3,(H,20,21,23). The van der Waals surface area contributed by atoms with Crippen LogP contribution < -0.4 is 5.32 Å². The molecule has 0 aliphatic carbocycles. The van der Waals surface area contributed by atoms with Gasteiger partial charge in [0.15, 0.2) is 5.13 Å². The van der Waals surface area contributed by atoms with Crippen LogP contribution in [-0.4, -0.2) is 36.7 Å². The van der Waals surface area contributed by atoms with Gasteiger partial charge in [0.2, 0.25) is 15.9 Å². The molecule has 8 heteroatoms. The van der Waals surface area contributed by atoms with E-state index in [1.807, 2.05) is 45.2 Å². The maximum atomic E-state index is 13.1. The Bertz CT molecular complexity index is 935. The molecular weight excluding hydrogens is 382 g/mol. The number of amides is 1. The number of carbonyl (C=O) groups is 1. The molecule has 1 N–H and O–H groups in total. The number of thiazole rings is 1. The normalized spacial score (nSPS) is 16.4. The second-order valence-electron chi connectivity index (χ2n) is 7.19. The fraction of sp³-hybridized carbons (Fsp3) is 0.474. The van der Waals surface area contributed by atoms with Crippen molar-refractivity contribution in [3.05, 3.63) is 39.9 Å². The van der Waals surface area contributed by atoms with Crippen LogP contribution in [0.5, 0.6) is 0 Å². The molecule has 0 atom stereocenters. The van der Waals surface area contributed by atoms with Crippen molar-refractivity contribution in [2.24, 2.45) is 5.92 Å². The summed E-state index contributed by atoms with van der Waals surface area (Å²) in [6.07, 6.45) is 1.03. The van der Waals surface area contributed by atoms with Crippen LogP contribution in [0, 0.1) is 33.6 Å².